The van der Waals surface area contributed by atoms with Crippen LogP contribution in [-0.4, -0.2) is 40.6 Å². The predicted molar refractivity (Wildman–Crippen MR) is 85.7 cm³/mol. The molecule has 124 valence electrons. The number of nitrogens with zero attached hydrogens (tertiary/aromatic N) is 3. The number of amides is 2. The number of carbonyl (C=O) groups excluding carboxylic acids is 2. The van der Waals surface area contributed by atoms with Crippen molar-refractivity contribution >= 4 is 28.5 Å². The first kappa shape index (κ1) is 16.9. The summed E-state index contributed by atoms with van der Waals surface area (Å²) in [4.78, 5) is 30.5. The zero-order valence-corrected chi connectivity index (χ0v) is 14.2. The van der Waals surface area contributed by atoms with Gasteiger partial charge in [-0.1, -0.05) is 0 Å². The third-order valence-corrected chi connectivity index (χ3v) is 4.31. The minimum Gasteiger partial charge on any atom is -0.449 e. The van der Waals surface area contributed by atoms with E-state index in [1.54, 1.807) is 13.8 Å². The maximum atomic E-state index is 12.3. The number of hydrogen-bond donors (Lipinski definition) is 1. The van der Waals surface area contributed by atoms with Crippen molar-refractivity contribution in [1.29, 1.82) is 0 Å². The van der Waals surface area contributed by atoms with E-state index in [1.165, 1.54) is 17.7 Å². The fourth-order valence-corrected chi connectivity index (χ4v) is 3.13. The lowest BCUT2D eigenvalue weighted by atomic mass is 10.1. The summed E-state index contributed by atoms with van der Waals surface area (Å²) in [5, 5.41) is 6.99. The molecule has 1 N–H and O–H groups in total. The Morgan fingerprint density at radius 2 is 1.83 bits per heavy atom. The van der Waals surface area contributed by atoms with Crippen LogP contribution in [0.2, 0.25) is 0 Å². The molecule has 0 saturated heterocycles. The third kappa shape index (κ3) is 3.34. The monoisotopic (exact) mass is 338 g/mol. The van der Waals surface area contributed by atoms with Gasteiger partial charge in [0.15, 0.2) is 5.82 Å². The highest BCUT2D eigenvalue weighted by molar-refractivity contribution is 7.17. The first-order valence-corrected chi connectivity index (χ1v) is 7.92. The van der Waals surface area contributed by atoms with Crippen LogP contribution >= 0.6 is 11.3 Å². The smallest absolute Gasteiger partial charge is 0.424 e. The number of nitrogens with one attached hydrogen (secondary N) is 1. The summed E-state index contributed by atoms with van der Waals surface area (Å²) in [7, 11) is 0. The van der Waals surface area contributed by atoms with Gasteiger partial charge in [-0.3, -0.25) is 5.10 Å². The summed E-state index contributed by atoms with van der Waals surface area (Å²) >= 11 is 1.29. The molecule has 0 aromatic carbocycles. The number of hydrogen-bond acceptors (Lipinski definition) is 7. The molecule has 2 aromatic heterocycles. The molecule has 2 heterocycles. The van der Waals surface area contributed by atoms with E-state index in [2.05, 4.69) is 15.2 Å². The lowest BCUT2D eigenvalue weighted by molar-refractivity contribution is 0.140. The third-order valence-electron chi connectivity index (χ3n) is 3.12. The van der Waals surface area contributed by atoms with Crippen molar-refractivity contribution in [3.8, 4) is 11.4 Å². The maximum Gasteiger partial charge on any atom is 0.424 e. The molecule has 0 atom stereocenters. The molecule has 23 heavy (non-hydrogen) atoms. The van der Waals surface area contributed by atoms with Crippen molar-refractivity contribution in [2.75, 3.05) is 18.1 Å². The molecule has 9 heteroatoms. The normalized spacial score (nSPS) is 10.4. The van der Waals surface area contributed by atoms with Crippen LogP contribution in [0.5, 0.6) is 0 Å². The Bertz CT molecular complexity index is 678. The Hall–Kier alpha value is -2.42. The van der Waals surface area contributed by atoms with E-state index >= 15 is 0 Å². The fourth-order valence-electron chi connectivity index (χ4n) is 1.99. The summed E-state index contributed by atoms with van der Waals surface area (Å²) in [5.74, 6) is 0.473. The first-order chi connectivity index (χ1) is 11.0. The molecule has 0 unspecified atom stereocenters. The number of aromatic amines is 1. The average Bonchev–Trinajstić information content (AvgIpc) is 3.10. The number of aromatic nitrogens is 3. The molecule has 0 spiro atoms. The molecule has 0 aliphatic carbocycles. The van der Waals surface area contributed by atoms with Crippen molar-refractivity contribution in [2.45, 2.75) is 27.7 Å². The van der Waals surface area contributed by atoms with Crippen LogP contribution < -0.4 is 4.90 Å². The van der Waals surface area contributed by atoms with Gasteiger partial charge >= 0.3 is 12.2 Å². The van der Waals surface area contributed by atoms with Gasteiger partial charge in [-0.2, -0.15) is 10.00 Å². The minimum atomic E-state index is -0.784. The van der Waals surface area contributed by atoms with Crippen LogP contribution in [0.25, 0.3) is 11.4 Å². The van der Waals surface area contributed by atoms with Crippen molar-refractivity contribution in [2.24, 2.45) is 0 Å². The van der Waals surface area contributed by atoms with Crippen LogP contribution in [-0.2, 0) is 9.47 Å². The van der Waals surface area contributed by atoms with Gasteiger partial charge < -0.3 is 9.47 Å². The van der Waals surface area contributed by atoms with E-state index in [0.717, 1.165) is 15.3 Å². The van der Waals surface area contributed by atoms with Crippen molar-refractivity contribution in [3.63, 3.8) is 0 Å². The molecule has 8 nitrogen and oxygen atoms in total. The molecule has 2 aromatic rings. The molecule has 0 radical (unpaired) electrons. The SMILES string of the molecule is CCOC(=O)N(C(=O)OCC)c1sc(C)c(C)c1-c1ncn[nH]1. The fraction of sp³-hybridized carbons (Fsp3) is 0.429. The van der Waals surface area contributed by atoms with Crippen LogP contribution in [0.15, 0.2) is 6.33 Å². The van der Waals surface area contributed by atoms with E-state index in [9.17, 15) is 9.59 Å². The van der Waals surface area contributed by atoms with E-state index in [0.29, 0.717) is 16.4 Å². The van der Waals surface area contributed by atoms with Crippen molar-refractivity contribution in [3.05, 3.63) is 16.8 Å². The number of H-pyrrole nitrogens is 1. The largest absolute Gasteiger partial charge is 0.449 e. The van der Waals surface area contributed by atoms with Gasteiger partial charge in [0.25, 0.3) is 0 Å². The highest BCUT2D eigenvalue weighted by Gasteiger charge is 2.32. The number of rotatable bonds is 4. The molecular weight excluding hydrogens is 320 g/mol. The second kappa shape index (κ2) is 7.23. The first-order valence-electron chi connectivity index (χ1n) is 7.10. The van der Waals surface area contributed by atoms with Gasteiger partial charge in [0.2, 0.25) is 0 Å². The lowest BCUT2D eigenvalue weighted by Gasteiger charge is -2.19. The molecule has 2 amide bonds. The Labute approximate surface area is 137 Å². The standard InChI is InChI=1S/C14H18N4O4S/c1-5-21-13(19)18(14(20)22-6-2)12-10(8(3)9(4)23-12)11-15-7-16-17-11/h7H,5-6H2,1-4H3,(H,15,16,17). The highest BCUT2D eigenvalue weighted by atomic mass is 32.1. The second-order valence-corrected chi connectivity index (χ2v) is 5.73. The molecular formula is C14H18N4O4S. The number of imide groups is 1. The highest BCUT2D eigenvalue weighted by Crippen LogP contribution is 2.41. The maximum absolute atomic E-state index is 12.3. The van der Waals surface area contributed by atoms with Gasteiger partial charge in [-0.15, -0.1) is 11.3 Å². The summed E-state index contributed by atoms with van der Waals surface area (Å²) in [6, 6.07) is 0. The summed E-state index contributed by atoms with van der Waals surface area (Å²) < 4.78 is 9.99. The second-order valence-electron chi connectivity index (χ2n) is 4.53. The summed E-state index contributed by atoms with van der Waals surface area (Å²) in [6.07, 6.45) is -0.203. The Morgan fingerprint density at radius 1 is 1.22 bits per heavy atom. The summed E-state index contributed by atoms with van der Waals surface area (Å²) in [5.41, 5.74) is 1.53. The van der Waals surface area contributed by atoms with Crippen LogP contribution in [0.4, 0.5) is 14.6 Å². The van der Waals surface area contributed by atoms with Gasteiger partial charge in [-0.05, 0) is 33.3 Å². The minimum absolute atomic E-state index is 0.149. The number of anilines is 1. The zero-order valence-electron chi connectivity index (χ0n) is 13.4. The Kier molecular flexibility index (Phi) is 5.32. The van der Waals surface area contributed by atoms with Crippen molar-refractivity contribution < 1.29 is 19.1 Å². The average molecular weight is 338 g/mol. The number of carbonyl (C=O) groups is 2. The van der Waals surface area contributed by atoms with Crippen LogP contribution in [0.1, 0.15) is 24.3 Å². The summed E-state index contributed by atoms with van der Waals surface area (Å²) in [6.45, 7) is 7.43. The Balaban J connectivity index is 2.57. The molecule has 0 bridgehead atoms. The molecule has 0 aliphatic heterocycles. The molecule has 2 rings (SSSR count). The van der Waals surface area contributed by atoms with E-state index in [-0.39, 0.29) is 13.2 Å². The van der Waals surface area contributed by atoms with E-state index in [1.807, 2.05) is 13.8 Å². The van der Waals surface area contributed by atoms with Gasteiger partial charge in [0.1, 0.15) is 11.3 Å². The predicted octanol–water partition coefficient (Wildman–Crippen LogP) is 3.27. The Morgan fingerprint density at radius 3 is 2.30 bits per heavy atom. The van der Waals surface area contributed by atoms with Crippen LogP contribution in [0.3, 0.4) is 0 Å². The topological polar surface area (TPSA) is 97.4 Å². The van der Waals surface area contributed by atoms with Crippen LogP contribution in [0, 0.1) is 13.8 Å². The van der Waals surface area contributed by atoms with Gasteiger partial charge in [0.05, 0.1) is 18.8 Å². The number of thiophene rings is 1. The van der Waals surface area contributed by atoms with Crippen molar-refractivity contribution in [1.82, 2.24) is 15.2 Å². The zero-order chi connectivity index (χ0) is 17.0. The quantitative estimate of drug-likeness (QED) is 0.919. The number of ether oxygens (including phenoxy) is 2. The molecule has 0 aliphatic rings. The van der Waals surface area contributed by atoms with Gasteiger partial charge in [0, 0.05) is 4.88 Å². The van der Waals surface area contributed by atoms with E-state index in [4.69, 9.17) is 9.47 Å². The molecule has 0 fully saturated rings. The van der Waals surface area contributed by atoms with E-state index < -0.39 is 12.2 Å². The number of aryl methyl sites for hydroxylation is 1. The molecule has 0 saturated carbocycles. The van der Waals surface area contributed by atoms with Gasteiger partial charge in [-0.25, -0.2) is 14.6 Å². The lowest BCUT2D eigenvalue weighted by Crippen LogP contribution is -2.37.